The molecule has 1 unspecified atom stereocenters. The Hall–Kier alpha value is -3.45. The number of amides is 1. The standard InChI is InChI=1S/C24H23NO3/c1-3-25-24(26)18(2)22-10-6-19(7-11-22)4-5-20-8-12-23(13-9-20)28-17-21-14-15-27-16-21/h6-16,18H,3,17H2,1-2H3,(H,25,26). The van der Waals surface area contributed by atoms with Gasteiger partial charge in [-0.1, -0.05) is 24.0 Å². The lowest BCUT2D eigenvalue weighted by Gasteiger charge is -2.11. The number of nitrogens with one attached hydrogen (secondary N) is 1. The molecule has 2 aromatic carbocycles. The van der Waals surface area contributed by atoms with Crippen molar-refractivity contribution < 1.29 is 13.9 Å². The maximum Gasteiger partial charge on any atom is 0.227 e. The molecule has 1 N–H and O–H groups in total. The largest absolute Gasteiger partial charge is 0.489 e. The maximum atomic E-state index is 11.9. The van der Waals surface area contributed by atoms with Gasteiger partial charge in [0.05, 0.1) is 18.4 Å². The van der Waals surface area contributed by atoms with Crippen LogP contribution in [0.5, 0.6) is 5.75 Å². The molecule has 0 aliphatic heterocycles. The second kappa shape index (κ2) is 9.48. The van der Waals surface area contributed by atoms with Crippen LogP contribution < -0.4 is 10.1 Å². The Bertz CT molecular complexity index is 946. The third kappa shape index (κ3) is 5.28. The van der Waals surface area contributed by atoms with Crippen LogP contribution in [0, 0.1) is 11.8 Å². The summed E-state index contributed by atoms with van der Waals surface area (Å²) in [6.45, 7) is 4.94. The van der Waals surface area contributed by atoms with Gasteiger partial charge < -0.3 is 14.5 Å². The number of likely N-dealkylation sites (N-methyl/N-ethyl adjacent to an activating group) is 1. The van der Waals surface area contributed by atoms with Crippen molar-refractivity contribution in [2.24, 2.45) is 0 Å². The number of rotatable bonds is 6. The third-order valence-electron chi connectivity index (χ3n) is 4.35. The van der Waals surface area contributed by atoms with Crippen LogP contribution in [-0.2, 0) is 11.4 Å². The number of carbonyl (C=O) groups excluding carboxylic acids is 1. The van der Waals surface area contributed by atoms with E-state index < -0.39 is 0 Å². The second-order valence-corrected chi connectivity index (χ2v) is 6.43. The second-order valence-electron chi connectivity index (χ2n) is 6.43. The molecule has 142 valence electrons. The molecule has 4 nitrogen and oxygen atoms in total. The molecule has 0 spiro atoms. The van der Waals surface area contributed by atoms with Gasteiger partial charge in [0.1, 0.15) is 12.4 Å². The van der Waals surface area contributed by atoms with Gasteiger partial charge in [-0.05, 0) is 61.9 Å². The quantitative estimate of drug-likeness (QED) is 0.648. The van der Waals surface area contributed by atoms with Crippen LogP contribution in [-0.4, -0.2) is 12.5 Å². The molecule has 1 heterocycles. The molecule has 0 aliphatic rings. The minimum absolute atomic E-state index is 0.0383. The summed E-state index contributed by atoms with van der Waals surface area (Å²) < 4.78 is 10.7. The highest BCUT2D eigenvalue weighted by Crippen LogP contribution is 2.17. The number of hydrogen-bond donors (Lipinski definition) is 1. The van der Waals surface area contributed by atoms with Crippen molar-refractivity contribution in [1.29, 1.82) is 0 Å². The number of benzene rings is 2. The molecule has 3 aromatic rings. The minimum atomic E-state index is -0.170. The Morgan fingerprint density at radius 2 is 1.68 bits per heavy atom. The zero-order valence-corrected chi connectivity index (χ0v) is 16.1. The minimum Gasteiger partial charge on any atom is -0.489 e. The monoisotopic (exact) mass is 373 g/mol. The fourth-order valence-electron chi connectivity index (χ4n) is 2.65. The van der Waals surface area contributed by atoms with Gasteiger partial charge in [0.25, 0.3) is 0 Å². The lowest BCUT2D eigenvalue weighted by atomic mass is 9.99. The first-order valence-electron chi connectivity index (χ1n) is 9.29. The van der Waals surface area contributed by atoms with Gasteiger partial charge in [-0.15, -0.1) is 0 Å². The van der Waals surface area contributed by atoms with E-state index >= 15 is 0 Å². The van der Waals surface area contributed by atoms with Gasteiger partial charge in [0.15, 0.2) is 0 Å². The Kier molecular flexibility index (Phi) is 6.54. The van der Waals surface area contributed by atoms with Crippen molar-refractivity contribution in [3.05, 3.63) is 89.4 Å². The van der Waals surface area contributed by atoms with Crippen LogP contribution >= 0.6 is 0 Å². The van der Waals surface area contributed by atoms with Crippen molar-refractivity contribution in [2.75, 3.05) is 6.54 Å². The first-order chi connectivity index (χ1) is 13.7. The predicted octanol–water partition coefficient (Wildman–Crippen LogP) is 4.50. The first-order valence-corrected chi connectivity index (χ1v) is 9.29. The molecule has 0 fully saturated rings. The van der Waals surface area contributed by atoms with Crippen LogP contribution in [0.15, 0.2) is 71.5 Å². The molecule has 0 saturated carbocycles. The topological polar surface area (TPSA) is 51.5 Å². The molecule has 0 radical (unpaired) electrons. The number of ether oxygens (including phenoxy) is 1. The highest BCUT2D eigenvalue weighted by Gasteiger charge is 2.13. The van der Waals surface area contributed by atoms with Gasteiger partial charge in [0.2, 0.25) is 5.91 Å². The van der Waals surface area contributed by atoms with Crippen molar-refractivity contribution >= 4 is 5.91 Å². The van der Waals surface area contributed by atoms with E-state index in [4.69, 9.17) is 9.15 Å². The molecule has 1 aromatic heterocycles. The van der Waals surface area contributed by atoms with Gasteiger partial charge in [-0.25, -0.2) is 0 Å². The summed E-state index contributed by atoms with van der Waals surface area (Å²) in [5.41, 5.74) is 3.80. The maximum absolute atomic E-state index is 11.9. The summed E-state index contributed by atoms with van der Waals surface area (Å²) in [7, 11) is 0. The summed E-state index contributed by atoms with van der Waals surface area (Å²) in [5.74, 6) is 6.96. The van der Waals surface area contributed by atoms with Crippen LogP contribution in [0.3, 0.4) is 0 Å². The Morgan fingerprint density at radius 1 is 1.04 bits per heavy atom. The van der Waals surface area contributed by atoms with Gasteiger partial charge >= 0.3 is 0 Å². The van der Waals surface area contributed by atoms with Gasteiger partial charge in [0, 0.05) is 23.2 Å². The van der Waals surface area contributed by atoms with E-state index in [1.165, 1.54) is 0 Å². The van der Waals surface area contributed by atoms with Crippen LogP contribution in [0.25, 0.3) is 0 Å². The van der Waals surface area contributed by atoms with Gasteiger partial charge in [-0.3, -0.25) is 4.79 Å². The highest BCUT2D eigenvalue weighted by molar-refractivity contribution is 5.83. The van der Waals surface area contributed by atoms with E-state index in [2.05, 4.69) is 17.2 Å². The summed E-state index contributed by atoms with van der Waals surface area (Å²) in [4.78, 5) is 11.9. The van der Waals surface area contributed by atoms with Crippen LogP contribution in [0.1, 0.15) is 42.0 Å². The van der Waals surface area contributed by atoms with E-state index in [0.29, 0.717) is 13.2 Å². The van der Waals surface area contributed by atoms with Crippen molar-refractivity contribution in [3.8, 4) is 17.6 Å². The van der Waals surface area contributed by atoms with Crippen molar-refractivity contribution in [3.63, 3.8) is 0 Å². The molecule has 1 atom stereocenters. The van der Waals surface area contributed by atoms with Crippen molar-refractivity contribution in [1.82, 2.24) is 5.32 Å². The zero-order valence-electron chi connectivity index (χ0n) is 16.1. The molecular weight excluding hydrogens is 350 g/mol. The number of carbonyl (C=O) groups is 1. The fraction of sp³-hybridized carbons (Fsp3) is 0.208. The summed E-state index contributed by atoms with van der Waals surface area (Å²) in [6.07, 6.45) is 3.30. The average molecular weight is 373 g/mol. The van der Waals surface area contributed by atoms with Crippen LogP contribution in [0.4, 0.5) is 0 Å². The number of furan rings is 1. The predicted molar refractivity (Wildman–Crippen MR) is 109 cm³/mol. The molecule has 3 rings (SSSR count). The summed E-state index contributed by atoms with van der Waals surface area (Å²) in [5, 5.41) is 2.84. The van der Waals surface area contributed by atoms with E-state index in [1.54, 1.807) is 12.5 Å². The van der Waals surface area contributed by atoms with E-state index in [-0.39, 0.29) is 11.8 Å². The van der Waals surface area contributed by atoms with Crippen molar-refractivity contribution in [2.45, 2.75) is 26.4 Å². The van der Waals surface area contributed by atoms with Gasteiger partial charge in [-0.2, -0.15) is 0 Å². The fourth-order valence-corrected chi connectivity index (χ4v) is 2.65. The van der Waals surface area contributed by atoms with E-state index in [9.17, 15) is 4.79 Å². The molecular formula is C24H23NO3. The lowest BCUT2D eigenvalue weighted by Crippen LogP contribution is -2.27. The average Bonchev–Trinajstić information content (AvgIpc) is 3.25. The van der Waals surface area contributed by atoms with E-state index in [0.717, 1.165) is 28.0 Å². The first kappa shape index (κ1) is 19.3. The molecule has 0 saturated heterocycles. The normalized spacial score (nSPS) is 11.2. The molecule has 0 aliphatic carbocycles. The lowest BCUT2D eigenvalue weighted by molar-refractivity contribution is -0.122. The number of hydrogen-bond acceptors (Lipinski definition) is 3. The molecule has 4 heteroatoms. The van der Waals surface area contributed by atoms with Crippen LogP contribution in [0.2, 0.25) is 0 Å². The Labute approximate surface area is 165 Å². The Balaban J connectivity index is 1.59. The highest BCUT2D eigenvalue weighted by atomic mass is 16.5. The summed E-state index contributed by atoms with van der Waals surface area (Å²) in [6, 6.07) is 17.4. The smallest absolute Gasteiger partial charge is 0.227 e. The molecule has 28 heavy (non-hydrogen) atoms. The SMILES string of the molecule is CCNC(=O)C(C)c1ccc(C#Cc2ccc(OCc3ccoc3)cc2)cc1. The molecule has 1 amide bonds. The third-order valence-corrected chi connectivity index (χ3v) is 4.35. The molecule has 0 bridgehead atoms. The van der Waals surface area contributed by atoms with E-state index in [1.807, 2.05) is 68.4 Å². The Morgan fingerprint density at radius 3 is 2.25 bits per heavy atom. The summed E-state index contributed by atoms with van der Waals surface area (Å²) >= 11 is 0. The zero-order chi connectivity index (χ0) is 19.8.